The third-order valence-electron chi connectivity index (χ3n) is 6.37. The standard InChI is InChI=1S/C27H28N4O5.ClH/c1-19-22(9-6-10-24(19)31(34)35)26(32)28-23-17-21(27(33)36-2)11-12-25(23)30-15-13-29(14-16-30)18-20-7-4-3-5-8-20;/h3-12,17H,13-16,18H2,1-2H3,(H,28,32);1H. The minimum Gasteiger partial charge on any atom is -0.465 e. The summed E-state index contributed by atoms with van der Waals surface area (Å²) in [6, 6.07) is 19.8. The zero-order valence-electron chi connectivity index (χ0n) is 20.7. The molecule has 0 bridgehead atoms. The molecule has 0 spiro atoms. The van der Waals surface area contributed by atoms with Crippen molar-refractivity contribution in [3.8, 4) is 0 Å². The van der Waals surface area contributed by atoms with Crippen molar-refractivity contribution in [1.29, 1.82) is 0 Å². The van der Waals surface area contributed by atoms with Gasteiger partial charge in [0.2, 0.25) is 0 Å². The van der Waals surface area contributed by atoms with Gasteiger partial charge in [0.1, 0.15) is 0 Å². The minimum atomic E-state index is -0.517. The number of hydrogen-bond acceptors (Lipinski definition) is 7. The van der Waals surface area contributed by atoms with Gasteiger partial charge in [0.05, 0.1) is 29.0 Å². The van der Waals surface area contributed by atoms with Gasteiger partial charge in [-0.1, -0.05) is 36.4 Å². The van der Waals surface area contributed by atoms with Gasteiger partial charge < -0.3 is 15.0 Å². The second-order valence-corrected chi connectivity index (χ2v) is 8.63. The Bertz CT molecular complexity index is 1280. The Morgan fingerprint density at radius 2 is 1.70 bits per heavy atom. The molecule has 0 unspecified atom stereocenters. The zero-order valence-corrected chi connectivity index (χ0v) is 21.5. The molecule has 37 heavy (non-hydrogen) atoms. The van der Waals surface area contributed by atoms with Crippen molar-refractivity contribution in [1.82, 2.24) is 4.90 Å². The molecule has 1 heterocycles. The highest BCUT2D eigenvalue weighted by Crippen LogP contribution is 2.30. The second kappa shape index (κ2) is 12.3. The van der Waals surface area contributed by atoms with E-state index in [-0.39, 0.29) is 29.2 Å². The maximum atomic E-state index is 13.2. The number of halogens is 1. The predicted molar refractivity (Wildman–Crippen MR) is 145 cm³/mol. The van der Waals surface area contributed by atoms with Gasteiger partial charge in [-0.3, -0.25) is 19.8 Å². The van der Waals surface area contributed by atoms with Crippen LogP contribution in [0.1, 0.15) is 31.8 Å². The lowest BCUT2D eigenvalue weighted by Gasteiger charge is -2.37. The molecule has 0 radical (unpaired) electrons. The number of amides is 1. The molecule has 4 rings (SSSR count). The number of ether oxygens (including phenoxy) is 1. The number of esters is 1. The van der Waals surface area contributed by atoms with Gasteiger partial charge in [-0.2, -0.15) is 0 Å². The second-order valence-electron chi connectivity index (χ2n) is 8.63. The van der Waals surface area contributed by atoms with Crippen molar-refractivity contribution in [3.05, 3.63) is 99.1 Å². The summed E-state index contributed by atoms with van der Waals surface area (Å²) in [6.45, 7) is 5.57. The molecule has 3 aromatic carbocycles. The van der Waals surface area contributed by atoms with Gasteiger partial charge in [0.15, 0.2) is 0 Å². The molecule has 9 nitrogen and oxygen atoms in total. The number of rotatable bonds is 7. The number of nitrogens with zero attached hydrogens (tertiary/aromatic N) is 3. The quantitative estimate of drug-likeness (QED) is 0.271. The Morgan fingerprint density at radius 3 is 2.35 bits per heavy atom. The fourth-order valence-corrected chi connectivity index (χ4v) is 4.40. The van der Waals surface area contributed by atoms with Gasteiger partial charge >= 0.3 is 5.97 Å². The fraction of sp³-hybridized carbons (Fsp3) is 0.259. The summed E-state index contributed by atoms with van der Waals surface area (Å²) in [5.74, 6) is -1.00. The molecule has 10 heteroatoms. The Labute approximate surface area is 221 Å². The van der Waals surface area contributed by atoms with Gasteiger partial charge in [-0.25, -0.2) is 4.79 Å². The Kier molecular flexibility index (Phi) is 9.21. The first kappa shape index (κ1) is 27.6. The highest BCUT2D eigenvalue weighted by atomic mass is 35.5. The first-order valence-electron chi connectivity index (χ1n) is 11.7. The largest absolute Gasteiger partial charge is 0.465 e. The lowest BCUT2D eigenvalue weighted by molar-refractivity contribution is -0.385. The smallest absolute Gasteiger partial charge is 0.337 e. The van der Waals surface area contributed by atoms with E-state index in [9.17, 15) is 19.7 Å². The van der Waals surface area contributed by atoms with Crippen LogP contribution in [0.2, 0.25) is 0 Å². The van der Waals surface area contributed by atoms with E-state index in [4.69, 9.17) is 4.74 Å². The Hall–Kier alpha value is -3.95. The summed E-state index contributed by atoms with van der Waals surface area (Å²) >= 11 is 0. The van der Waals surface area contributed by atoms with E-state index in [1.807, 2.05) is 18.2 Å². The van der Waals surface area contributed by atoms with Crippen LogP contribution in [0.15, 0.2) is 66.7 Å². The van der Waals surface area contributed by atoms with Gasteiger partial charge in [0, 0.05) is 49.9 Å². The van der Waals surface area contributed by atoms with Crippen LogP contribution in [0, 0.1) is 17.0 Å². The van der Waals surface area contributed by atoms with E-state index in [2.05, 4.69) is 27.2 Å². The van der Waals surface area contributed by atoms with Crippen molar-refractivity contribution >= 4 is 41.3 Å². The number of carbonyl (C=O) groups excluding carboxylic acids is 2. The minimum absolute atomic E-state index is 0. The van der Waals surface area contributed by atoms with Gasteiger partial charge in [0.25, 0.3) is 11.6 Å². The summed E-state index contributed by atoms with van der Waals surface area (Å²) < 4.78 is 4.85. The number of piperazine rings is 1. The summed E-state index contributed by atoms with van der Waals surface area (Å²) in [4.78, 5) is 40.7. The predicted octanol–water partition coefficient (Wildman–Crippen LogP) is 4.69. The molecule has 0 atom stereocenters. The van der Waals surface area contributed by atoms with Crippen LogP contribution in [0.5, 0.6) is 0 Å². The molecule has 1 amide bonds. The molecule has 1 aliphatic heterocycles. The van der Waals surface area contributed by atoms with Crippen molar-refractivity contribution in [3.63, 3.8) is 0 Å². The average Bonchev–Trinajstić information content (AvgIpc) is 2.89. The van der Waals surface area contributed by atoms with Crippen LogP contribution in [-0.2, 0) is 11.3 Å². The molecule has 3 aromatic rings. The topological polar surface area (TPSA) is 105 Å². The Morgan fingerprint density at radius 1 is 1.00 bits per heavy atom. The number of anilines is 2. The molecule has 194 valence electrons. The number of hydrogen-bond donors (Lipinski definition) is 1. The maximum absolute atomic E-state index is 13.2. The lowest BCUT2D eigenvalue weighted by atomic mass is 10.1. The molecule has 0 aromatic heterocycles. The van der Waals surface area contributed by atoms with Gasteiger partial charge in [-0.05, 0) is 36.8 Å². The summed E-state index contributed by atoms with van der Waals surface area (Å²) in [5.41, 5.74) is 3.14. The molecule has 1 fully saturated rings. The van der Waals surface area contributed by atoms with Crippen molar-refractivity contribution in [2.45, 2.75) is 13.5 Å². The summed E-state index contributed by atoms with van der Waals surface area (Å²) in [6.07, 6.45) is 0. The Balaban J connectivity index is 0.00000380. The third-order valence-corrected chi connectivity index (χ3v) is 6.37. The third kappa shape index (κ3) is 6.44. The first-order valence-corrected chi connectivity index (χ1v) is 11.7. The molecule has 0 saturated carbocycles. The SMILES string of the molecule is COC(=O)c1ccc(N2CCN(Cc3ccccc3)CC2)c(NC(=O)c2cccc([N+](=O)[O-])c2C)c1.Cl. The average molecular weight is 525 g/mol. The highest BCUT2D eigenvalue weighted by molar-refractivity contribution is 6.08. The van der Waals surface area contributed by atoms with Crippen LogP contribution in [0.4, 0.5) is 17.1 Å². The zero-order chi connectivity index (χ0) is 25.7. The van der Waals surface area contributed by atoms with E-state index >= 15 is 0 Å². The molecule has 1 N–H and O–H groups in total. The molecule has 1 aliphatic rings. The number of nitro benzene ring substituents is 1. The first-order chi connectivity index (χ1) is 17.4. The number of methoxy groups -OCH3 is 1. The number of nitro groups is 1. The van der Waals surface area contributed by atoms with Crippen molar-refractivity contribution < 1.29 is 19.2 Å². The van der Waals surface area contributed by atoms with E-state index in [1.54, 1.807) is 31.2 Å². The van der Waals surface area contributed by atoms with Crippen LogP contribution in [-0.4, -0.2) is 55.0 Å². The fourth-order valence-electron chi connectivity index (χ4n) is 4.40. The highest BCUT2D eigenvalue weighted by Gasteiger charge is 2.23. The number of benzene rings is 3. The van der Waals surface area contributed by atoms with Crippen molar-refractivity contribution in [2.24, 2.45) is 0 Å². The molecule has 1 saturated heterocycles. The van der Waals surface area contributed by atoms with E-state index in [1.165, 1.54) is 24.8 Å². The summed E-state index contributed by atoms with van der Waals surface area (Å²) in [7, 11) is 1.30. The van der Waals surface area contributed by atoms with Crippen LogP contribution in [0.25, 0.3) is 0 Å². The lowest BCUT2D eigenvalue weighted by Crippen LogP contribution is -2.46. The van der Waals surface area contributed by atoms with Crippen molar-refractivity contribution in [2.75, 3.05) is 43.5 Å². The van der Waals surface area contributed by atoms with E-state index in [0.29, 0.717) is 11.3 Å². The van der Waals surface area contributed by atoms with Crippen LogP contribution in [0.3, 0.4) is 0 Å². The van der Waals surface area contributed by atoms with E-state index < -0.39 is 16.8 Å². The normalized spacial score (nSPS) is 13.4. The number of carbonyl (C=O) groups is 2. The molecular formula is C27H29ClN4O5. The van der Waals surface area contributed by atoms with E-state index in [0.717, 1.165) is 38.4 Å². The van der Waals surface area contributed by atoms with Crippen LogP contribution < -0.4 is 10.2 Å². The van der Waals surface area contributed by atoms with Crippen LogP contribution >= 0.6 is 12.4 Å². The summed E-state index contributed by atoms with van der Waals surface area (Å²) in [5, 5.41) is 14.2. The maximum Gasteiger partial charge on any atom is 0.337 e. The number of nitrogens with one attached hydrogen (secondary N) is 1. The monoisotopic (exact) mass is 524 g/mol. The molecule has 0 aliphatic carbocycles. The molecular weight excluding hydrogens is 496 g/mol. The van der Waals surface area contributed by atoms with Gasteiger partial charge in [-0.15, -0.1) is 12.4 Å².